The first-order chi connectivity index (χ1) is 7.28. The normalized spacial score (nSPS) is 11.2. The minimum absolute atomic E-state index is 0.221. The van der Waals surface area contributed by atoms with Crippen LogP contribution in [0.25, 0.3) is 0 Å². The maximum absolute atomic E-state index is 11.6. The van der Waals surface area contributed by atoms with Crippen LogP contribution in [0.5, 0.6) is 0 Å². The number of esters is 1. The van der Waals surface area contributed by atoms with Crippen molar-refractivity contribution in [2.75, 3.05) is 5.73 Å². The van der Waals surface area contributed by atoms with Crippen LogP contribution in [0.4, 0.5) is 5.69 Å². The summed E-state index contributed by atoms with van der Waals surface area (Å²) in [7, 11) is 0. The number of aryl methyl sites for hydroxylation is 1. The highest BCUT2D eigenvalue weighted by Crippen LogP contribution is 2.15. The summed E-state index contributed by atoms with van der Waals surface area (Å²) in [6.07, 6.45) is 0.272. The number of rotatable bonds is 2. The maximum Gasteiger partial charge on any atom is 0.310 e. The Hall–Kier alpha value is -1.51. The van der Waals surface area contributed by atoms with Crippen molar-refractivity contribution in [1.29, 1.82) is 0 Å². The van der Waals surface area contributed by atoms with Gasteiger partial charge in [-0.1, -0.05) is 6.07 Å². The number of benzene rings is 1. The number of nitrogen functional groups attached to an aromatic ring is 1. The summed E-state index contributed by atoms with van der Waals surface area (Å²) in [5, 5.41) is 0. The molecule has 2 N–H and O–H groups in total. The fourth-order valence-corrected chi connectivity index (χ4v) is 1.41. The van der Waals surface area contributed by atoms with Gasteiger partial charge in [0, 0.05) is 5.69 Å². The first-order valence-electron chi connectivity index (χ1n) is 5.35. The molecule has 0 unspecified atom stereocenters. The van der Waals surface area contributed by atoms with Gasteiger partial charge >= 0.3 is 5.97 Å². The summed E-state index contributed by atoms with van der Waals surface area (Å²) in [4.78, 5) is 11.6. The number of carbonyl (C=O) groups is 1. The molecule has 0 aliphatic heterocycles. The molecule has 3 nitrogen and oxygen atoms in total. The smallest absolute Gasteiger partial charge is 0.310 e. The third kappa shape index (κ3) is 3.93. The molecule has 0 heterocycles. The van der Waals surface area contributed by atoms with Crippen LogP contribution >= 0.6 is 0 Å². The van der Waals surface area contributed by atoms with E-state index in [1.807, 2.05) is 45.9 Å². The molecule has 1 aromatic rings. The van der Waals surface area contributed by atoms with Gasteiger partial charge in [-0.05, 0) is 51.0 Å². The van der Waals surface area contributed by atoms with E-state index in [0.29, 0.717) is 5.69 Å². The fraction of sp³-hybridized carbons (Fsp3) is 0.462. The molecule has 1 rings (SSSR count). The van der Waals surface area contributed by atoms with Crippen molar-refractivity contribution in [2.45, 2.75) is 39.7 Å². The first-order valence-corrected chi connectivity index (χ1v) is 5.35. The van der Waals surface area contributed by atoms with Gasteiger partial charge in [-0.25, -0.2) is 0 Å². The predicted octanol–water partition coefficient (Wildman–Crippen LogP) is 2.46. The lowest BCUT2D eigenvalue weighted by atomic mass is 10.0. The Labute approximate surface area is 96.6 Å². The second-order valence-corrected chi connectivity index (χ2v) is 4.95. The van der Waals surface area contributed by atoms with E-state index >= 15 is 0 Å². The molecule has 0 radical (unpaired) electrons. The van der Waals surface area contributed by atoms with E-state index < -0.39 is 5.60 Å². The Balaban J connectivity index is 2.73. The second-order valence-electron chi connectivity index (χ2n) is 4.95. The Morgan fingerprint density at radius 3 is 2.56 bits per heavy atom. The van der Waals surface area contributed by atoms with Gasteiger partial charge in [-0.3, -0.25) is 4.79 Å². The molecule has 3 heteroatoms. The van der Waals surface area contributed by atoms with Crippen LogP contribution in [0.15, 0.2) is 18.2 Å². The number of ether oxygens (including phenoxy) is 1. The molecular formula is C13H19NO2. The Morgan fingerprint density at radius 1 is 1.38 bits per heavy atom. The van der Waals surface area contributed by atoms with Gasteiger partial charge in [0.1, 0.15) is 5.60 Å². The van der Waals surface area contributed by atoms with E-state index in [0.717, 1.165) is 11.1 Å². The Bertz CT molecular complexity index is 391. The molecule has 0 fully saturated rings. The van der Waals surface area contributed by atoms with E-state index in [1.54, 1.807) is 0 Å². The van der Waals surface area contributed by atoms with E-state index in [9.17, 15) is 4.79 Å². The minimum atomic E-state index is -0.439. The third-order valence-electron chi connectivity index (χ3n) is 2.13. The third-order valence-corrected chi connectivity index (χ3v) is 2.13. The quantitative estimate of drug-likeness (QED) is 0.616. The molecule has 0 aliphatic carbocycles. The zero-order chi connectivity index (χ0) is 12.3. The number of nitrogens with two attached hydrogens (primary N) is 1. The van der Waals surface area contributed by atoms with Crippen LogP contribution < -0.4 is 5.73 Å². The summed E-state index contributed by atoms with van der Waals surface area (Å²) < 4.78 is 5.26. The summed E-state index contributed by atoms with van der Waals surface area (Å²) in [6, 6.07) is 5.56. The van der Waals surface area contributed by atoms with Gasteiger partial charge in [0.2, 0.25) is 0 Å². The number of anilines is 1. The average Bonchev–Trinajstić information content (AvgIpc) is 2.08. The van der Waals surface area contributed by atoms with Crippen molar-refractivity contribution in [3.63, 3.8) is 0 Å². The zero-order valence-corrected chi connectivity index (χ0v) is 10.3. The lowest BCUT2D eigenvalue weighted by molar-refractivity contribution is -0.153. The molecule has 1 aromatic carbocycles. The standard InChI is InChI=1S/C13H19NO2/c1-9-5-6-11(14)7-10(9)8-12(15)16-13(2,3)4/h5-7H,8,14H2,1-4H3. The molecule has 0 spiro atoms. The van der Waals surface area contributed by atoms with Gasteiger partial charge in [-0.2, -0.15) is 0 Å². The molecule has 0 saturated heterocycles. The highest BCUT2D eigenvalue weighted by atomic mass is 16.6. The molecule has 0 amide bonds. The summed E-state index contributed by atoms with van der Waals surface area (Å²) >= 11 is 0. The van der Waals surface area contributed by atoms with Gasteiger partial charge in [-0.15, -0.1) is 0 Å². The largest absolute Gasteiger partial charge is 0.460 e. The van der Waals surface area contributed by atoms with Crippen LogP contribution in [-0.2, 0) is 16.0 Å². The monoisotopic (exact) mass is 221 g/mol. The van der Waals surface area contributed by atoms with E-state index in [4.69, 9.17) is 10.5 Å². The molecule has 88 valence electrons. The lowest BCUT2D eigenvalue weighted by Gasteiger charge is -2.19. The summed E-state index contributed by atoms with van der Waals surface area (Å²) in [5.74, 6) is -0.221. The second kappa shape index (κ2) is 4.56. The predicted molar refractivity (Wildman–Crippen MR) is 65.1 cm³/mol. The van der Waals surface area contributed by atoms with Crippen molar-refractivity contribution in [3.8, 4) is 0 Å². The topological polar surface area (TPSA) is 52.3 Å². The molecule has 0 saturated carbocycles. The van der Waals surface area contributed by atoms with Gasteiger partial charge < -0.3 is 10.5 Å². The molecule has 0 atom stereocenters. The van der Waals surface area contributed by atoms with Crippen molar-refractivity contribution in [3.05, 3.63) is 29.3 Å². The highest BCUT2D eigenvalue weighted by molar-refractivity contribution is 5.74. The summed E-state index contributed by atoms with van der Waals surface area (Å²) in [6.45, 7) is 7.53. The Morgan fingerprint density at radius 2 is 2.00 bits per heavy atom. The molecule has 0 aliphatic rings. The van der Waals surface area contributed by atoms with Crippen LogP contribution in [0, 0.1) is 6.92 Å². The van der Waals surface area contributed by atoms with Crippen LogP contribution in [0.1, 0.15) is 31.9 Å². The SMILES string of the molecule is Cc1ccc(N)cc1CC(=O)OC(C)(C)C. The van der Waals surface area contributed by atoms with Gasteiger partial charge in [0.05, 0.1) is 6.42 Å². The van der Waals surface area contributed by atoms with Crippen molar-refractivity contribution in [1.82, 2.24) is 0 Å². The van der Waals surface area contributed by atoms with E-state index in [-0.39, 0.29) is 12.4 Å². The van der Waals surface area contributed by atoms with Crippen LogP contribution in [0.2, 0.25) is 0 Å². The number of carbonyl (C=O) groups excluding carboxylic acids is 1. The van der Waals surface area contributed by atoms with Crippen molar-refractivity contribution >= 4 is 11.7 Å². The molecular weight excluding hydrogens is 202 g/mol. The molecule has 16 heavy (non-hydrogen) atoms. The lowest BCUT2D eigenvalue weighted by Crippen LogP contribution is -2.25. The maximum atomic E-state index is 11.6. The number of hydrogen-bond acceptors (Lipinski definition) is 3. The number of hydrogen-bond donors (Lipinski definition) is 1. The van der Waals surface area contributed by atoms with Crippen LogP contribution in [-0.4, -0.2) is 11.6 Å². The van der Waals surface area contributed by atoms with E-state index in [1.165, 1.54) is 0 Å². The van der Waals surface area contributed by atoms with Crippen molar-refractivity contribution < 1.29 is 9.53 Å². The minimum Gasteiger partial charge on any atom is -0.460 e. The molecule has 0 bridgehead atoms. The van der Waals surface area contributed by atoms with E-state index in [2.05, 4.69) is 0 Å². The highest BCUT2D eigenvalue weighted by Gasteiger charge is 2.17. The van der Waals surface area contributed by atoms with Gasteiger partial charge in [0.15, 0.2) is 0 Å². The fourth-order valence-electron chi connectivity index (χ4n) is 1.41. The van der Waals surface area contributed by atoms with Gasteiger partial charge in [0.25, 0.3) is 0 Å². The average molecular weight is 221 g/mol. The Kier molecular flexibility index (Phi) is 3.58. The zero-order valence-electron chi connectivity index (χ0n) is 10.3. The van der Waals surface area contributed by atoms with Crippen molar-refractivity contribution in [2.24, 2.45) is 0 Å². The summed E-state index contributed by atoms with van der Waals surface area (Å²) in [5.41, 5.74) is 7.89. The van der Waals surface area contributed by atoms with Crippen LogP contribution in [0.3, 0.4) is 0 Å². The molecule has 0 aromatic heterocycles. The first kappa shape index (κ1) is 12.6.